The van der Waals surface area contributed by atoms with Crippen molar-refractivity contribution in [3.05, 3.63) is 29.8 Å². The van der Waals surface area contributed by atoms with E-state index in [1.165, 1.54) is 4.90 Å². The van der Waals surface area contributed by atoms with E-state index < -0.39 is 0 Å². The molecule has 0 spiro atoms. The Morgan fingerprint density at radius 1 is 1.33 bits per heavy atom. The number of amides is 1. The Hall–Kier alpha value is -0.670. The van der Waals surface area contributed by atoms with Gasteiger partial charge in [0.25, 0.3) is 0 Å². The van der Waals surface area contributed by atoms with Crippen LogP contribution in [0.25, 0.3) is 0 Å². The molecule has 18 heavy (non-hydrogen) atoms. The van der Waals surface area contributed by atoms with Crippen LogP contribution in [0.5, 0.6) is 0 Å². The van der Waals surface area contributed by atoms with Crippen LogP contribution in [0.3, 0.4) is 0 Å². The van der Waals surface area contributed by atoms with Gasteiger partial charge >= 0.3 is 0 Å². The summed E-state index contributed by atoms with van der Waals surface area (Å²) in [5, 5.41) is 3.00. The van der Waals surface area contributed by atoms with Crippen LogP contribution in [0.15, 0.2) is 29.2 Å². The highest BCUT2D eigenvalue weighted by molar-refractivity contribution is 7.98. The first kappa shape index (κ1) is 15.4. The molecule has 1 N–H and O–H groups in total. The second-order valence-corrected chi connectivity index (χ2v) is 5.47. The zero-order valence-electron chi connectivity index (χ0n) is 10.9. The van der Waals surface area contributed by atoms with Crippen molar-refractivity contribution >= 4 is 29.3 Å². The van der Waals surface area contributed by atoms with Crippen LogP contribution >= 0.6 is 23.4 Å². The van der Waals surface area contributed by atoms with Crippen molar-refractivity contribution in [2.45, 2.75) is 37.1 Å². The molecule has 1 atom stereocenters. The molecule has 0 fully saturated rings. The number of halogens is 1. The molecule has 100 valence electrons. The third kappa shape index (κ3) is 5.32. The fourth-order valence-electron chi connectivity index (χ4n) is 1.67. The van der Waals surface area contributed by atoms with Crippen molar-refractivity contribution in [3.63, 3.8) is 0 Å². The van der Waals surface area contributed by atoms with E-state index in [1.54, 1.807) is 11.8 Å². The van der Waals surface area contributed by atoms with Crippen LogP contribution in [0.4, 0.5) is 0 Å². The molecule has 0 aromatic heterocycles. The number of hydrogen-bond acceptors (Lipinski definition) is 2. The van der Waals surface area contributed by atoms with Crippen molar-refractivity contribution in [1.29, 1.82) is 0 Å². The van der Waals surface area contributed by atoms with Crippen LogP contribution in [-0.4, -0.2) is 18.0 Å². The number of thioether (sulfide) groups is 1. The number of benzene rings is 1. The molecule has 1 aromatic carbocycles. The summed E-state index contributed by atoms with van der Waals surface area (Å²) in [5.74, 6) is 0.723. The Kier molecular flexibility index (Phi) is 7.21. The smallest absolute Gasteiger partial charge is 0.220 e. The topological polar surface area (TPSA) is 29.1 Å². The van der Waals surface area contributed by atoms with Gasteiger partial charge in [0.1, 0.15) is 0 Å². The lowest BCUT2D eigenvalue weighted by Crippen LogP contribution is -2.26. The molecule has 1 amide bonds. The molecule has 0 heterocycles. The maximum Gasteiger partial charge on any atom is 0.220 e. The average Bonchev–Trinajstić information content (AvgIpc) is 2.39. The zero-order chi connectivity index (χ0) is 13.4. The molecule has 0 aliphatic heterocycles. The van der Waals surface area contributed by atoms with E-state index in [9.17, 15) is 4.79 Å². The number of carbonyl (C=O) groups excluding carboxylic acids is 1. The molecule has 0 radical (unpaired) electrons. The molecule has 1 rings (SSSR count). The minimum absolute atomic E-state index is 0.0596. The molecule has 0 saturated carbocycles. The van der Waals surface area contributed by atoms with Crippen molar-refractivity contribution in [3.8, 4) is 0 Å². The molecule has 0 bridgehead atoms. The summed E-state index contributed by atoms with van der Waals surface area (Å²) >= 11 is 7.30. The molecule has 0 aliphatic rings. The monoisotopic (exact) mass is 285 g/mol. The van der Waals surface area contributed by atoms with Crippen LogP contribution in [0, 0.1) is 0 Å². The van der Waals surface area contributed by atoms with Crippen molar-refractivity contribution in [2.75, 3.05) is 12.1 Å². The first-order valence-electron chi connectivity index (χ1n) is 6.16. The van der Waals surface area contributed by atoms with Crippen LogP contribution in [0.1, 0.15) is 37.8 Å². The Balaban J connectivity index is 2.43. The summed E-state index contributed by atoms with van der Waals surface area (Å²) in [5.41, 5.74) is 1.14. The molecule has 1 aromatic rings. The highest BCUT2D eigenvalue weighted by atomic mass is 35.5. The lowest BCUT2D eigenvalue weighted by Gasteiger charge is -2.14. The molecule has 0 aliphatic carbocycles. The number of alkyl halides is 1. The van der Waals surface area contributed by atoms with Gasteiger partial charge in [0.15, 0.2) is 0 Å². The summed E-state index contributed by atoms with van der Waals surface area (Å²) < 4.78 is 0. The number of hydrogen-bond donors (Lipinski definition) is 1. The van der Waals surface area contributed by atoms with E-state index >= 15 is 0 Å². The van der Waals surface area contributed by atoms with E-state index in [2.05, 4.69) is 35.8 Å². The van der Waals surface area contributed by atoms with Gasteiger partial charge in [-0.3, -0.25) is 4.79 Å². The number of carbonyl (C=O) groups is 1. The minimum Gasteiger partial charge on any atom is -0.350 e. The van der Waals surface area contributed by atoms with E-state index in [-0.39, 0.29) is 11.9 Å². The predicted molar refractivity (Wildman–Crippen MR) is 79.4 cm³/mol. The highest BCUT2D eigenvalue weighted by Gasteiger charge is 2.08. The summed E-state index contributed by atoms with van der Waals surface area (Å²) in [7, 11) is 0. The van der Waals surface area contributed by atoms with Gasteiger partial charge in [0, 0.05) is 17.2 Å². The summed E-state index contributed by atoms with van der Waals surface area (Å²) in [6.45, 7) is 2.01. The maximum absolute atomic E-state index is 11.7. The van der Waals surface area contributed by atoms with E-state index in [0.29, 0.717) is 12.3 Å². The lowest BCUT2D eigenvalue weighted by molar-refractivity contribution is -0.121. The van der Waals surface area contributed by atoms with Gasteiger partial charge in [-0.15, -0.1) is 23.4 Å². The van der Waals surface area contributed by atoms with Crippen LogP contribution in [0.2, 0.25) is 0 Å². The largest absolute Gasteiger partial charge is 0.350 e. The molecular weight excluding hydrogens is 266 g/mol. The van der Waals surface area contributed by atoms with Gasteiger partial charge in [-0.1, -0.05) is 12.1 Å². The zero-order valence-corrected chi connectivity index (χ0v) is 12.5. The van der Waals surface area contributed by atoms with Gasteiger partial charge in [-0.2, -0.15) is 0 Å². The van der Waals surface area contributed by atoms with Gasteiger partial charge in [-0.05, 0) is 43.7 Å². The summed E-state index contributed by atoms with van der Waals surface area (Å²) in [4.78, 5) is 12.9. The van der Waals surface area contributed by atoms with Crippen LogP contribution in [-0.2, 0) is 4.79 Å². The first-order valence-corrected chi connectivity index (χ1v) is 7.92. The standard InChI is InChI=1S/C14H20ClNOS/c1-11(16-14(17)5-3-4-10-15)12-6-8-13(18-2)9-7-12/h6-9,11H,3-5,10H2,1-2H3,(H,16,17). The number of rotatable bonds is 7. The fraction of sp³-hybridized carbons (Fsp3) is 0.500. The van der Waals surface area contributed by atoms with Gasteiger partial charge in [0.05, 0.1) is 6.04 Å². The number of unbranched alkanes of at least 4 members (excludes halogenated alkanes) is 1. The maximum atomic E-state index is 11.7. The lowest BCUT2D eigenvalue weighted by atomic mass is 10.1. The molecular formula is C14H20ClNOS. The Labute approximate surface area is 118 Å². The Morgan fingerprint density at radius 3 is 2.56 bits per heavy atom. The Morgan fingerprint density at radius 2 is 2.00 bits per heavy atom. The first-order chi connectivity index (χ1) is 8.67. The predicted octanol–water partition coefficient (Wildman–Crippen LogP) is 3.99. The van der Waals surface area contributed by atoms with E-state index in [4.69, 9.17) is 11.6 Å². The van der Waals surface area contributed by atoms with E-state index in [1.807, 2.05) is 6.92 Å². The molecule has 4 heteroatoms. The quantitative estimate of drug-likeness (QED) is 0.466. The normalized spacial score (nSPS) is 12.2. The molecule has 0 saturated heterocycles. The van der Waals surface area contributed by atoms with Crippen LogP contribution < -0.4 is 5.32 Å². The van der Waals surface area contributed by atoms with Gasteiger partial charge in [-0.25, -0.2) is 0 Å². The second-order valence-electron chi connectivity index (χ2n) is 4.21. The molecule has 1 unspecified atom stereocenters. The average molecular weight is 286 g/mol. The SMILES string of the molecule is CSc1ccc(C(C)NC(=O)CCCCCl)cc1. The highest BCUT2D eigenvalue weighted by Crippen LogP contribution is 2.19. The fourth-order valence-corrected chi connectivity index (χ4v) is 2.27. The van der Waals surface area contributed by atoms with Crippen molar-refractivity contribution in [1.82, 2.24) is 5.32 Å². The summed E-state index contributed by atoms with van der Waals surface area (Å²) in [6, 6.07) is 8.35. The molecule has 2 nitrogen and oxygen atoms in total. The van der Waals surface area contributed by atoms with Gasteiger partial charge in [0.2, 0.25) is 5.91 Å². The van der Waals surface area contributed by atoms with E-state index in [0.717, 1.165) is 18.4 Å². The van der Waals surface area contributed by atoms with Crippen molar-refractivity contribution in [2.24, 2.45) is 0 Å². The third-order valence-corrected chi connectivity index (χ3v) is 3.79. The Bertz CT molecular complexity index is 367. The third-order valence-electron chi connectivity index (χ3n) is 2.78. The second kappa shape index (κ2) is 8.44. The summed E-state index contributed by atoms with van der Waals surface area (Å²) in [6.07, 6.45) is 4.36. The minimum atomic E-state index is 0.0596. The number of nitrogens with one attached hydrogen (secondary N) is 1. The van der Waals surface area contributed by atoms with Crippen molar-refractivity contribution < 1.29 is 4.79 Å². The van der Waals surface area contributed by atoms with Gasteiger partial charge < -0.3 is 5.32 Å².